The summed E-state index contributed by atoms with van der Waals surface area (Å²) in [6.45, 7) is 1.87. The number of unbranched alkanes of at least 4 members (excludes halogenated alkanes) is 2. The van der Waals surface area contributed by atoms with Gasteiger partial charge in [0.15, 0.2) is 5.82 Å². The molecule has 0 spiro atoms. The Morgan fingerprint density at radius 3 is 3.00 bits per heavy atom. The van der Waals surface area contributed by atoms with E-state index in [1.165, 1.54) is 0 Å². The predicted octanol–water partition coefficient (Wildman–Crippen LogP) is 0.641. The number of hydrogen-bond donors (Lipinski definition) is 1. The fourth-order valence-corrected chi connectivity index (χ4v) is 1.28. The Bertz CT molecular complexity index is 312. The van der Waals surface area contributed by atoms with Crippen LogP contribution in [0.1, 0.15) is 25.1 Å². The largest absolute Gasteiger partial charge is 0.316 e. The van der Waals surface area contributed by atoms with Crippen molar-refractivity contribution >= 4 is 0 Å². The Labute approximate surface area is 90.1 Å². The summed E-state index contributed by atoms with van der Waals surface area (Å²) in [6.07, 6.45) is 5.26. The van der Waals surface area contributed by atoms with Crippen LogP contribution in [0, 0.1) is 11.3 Å². The molecule has 0 aliphatic rings. The molecule has 0 atom stereocenters. The molecular formula is C10H17N5. The molecule has 5 nitrogen and oxygen atoms in total. The highest BCUT2D eigenvalue weighted by Gasteiger charge is 1.97. The Morgan fingerprint density at radius 1 is 1.47 bits per heavy atom. The normalized spacial score (nSPS) is 10.1. The highest BCUT2D eigenvalue weighted by Crippen LogP contribution is 1.92. The summed E-state index contributed by atoms with van der Waals surface area (Å²) >= 11 is 0. The first kappa shape index (κ1) is 11.7. The molecule has 1 heterocycles. The minimum Gasteiger partial charge on any atom is -0.316 e. The molecule has 0 aliphatic carbocycles. The van der Waals surface area contributed by atoms with E-state index in [0.717, 1.165) is 38.2 Å². The molecule has 0 fully saturated rings. The molecule has 0 amide bonds. The number of nitriles is 1. The van der Waals surface area contributed by atoms with Crippen LogP contribution >= 0.6 is 0 Å². The van der Waals surface area contributed by atoms with Gasteiger partial charge in [0.1, 0.15) is 6.33 Å². The van der Waals surface area contributed by atoms with Crippen molar-refractivity contribution in [1.29, 1.82) is 5.26 Å². The van der Waals surface area contributed by atoms with Gasteiger partial charge in [-0.25, -0.2) is 4.98 Å². The van der Waals surface area contributed by atoms with Crippen molar-refractivity contribution in [2.45, 2.75) is 25.7 Å². The van der Waals surface area contributed by atoms with Crippen molar-refractivity contribution in [1.82, 2.24) is 20.1 Å². The summed E-state index contributed by atoms with van der Waals surface area (Å²) in [7, 11) is 1.87. The van der Waals surface area contributed by atoms with Crippen molar-refractivity contribution in [2.75, 3.05) is 13.1 Å². The van der Waals surface area contributed by atoms with E-state index >= 15 is 0 Å². The second-order valence-electron chi connectivity index (χ2n) is 3.45. The first-order valence-corrected chi connectivity index (χ1v) is 5.25. The average molecular weight is 207 g/mol. The number of nitrogens with one attached hydrogen (secondary N) is 1. The van der Waals surface area contributed by atoms with Gasteiger partial charge in [-0.3, -0.25) is 4.68 Å². The molecule has 5 heteroatoms. The minimum atomic E-state index is 0.656. The fourth-order valence-electron chi connectivity index (χ4n) is 1.28. The number of rotatable bonds is 7. The van der Waals surface area contributed by atoms with Crippen molar-refractivity contribution in [3.05, 3.63) is 12.2 Å². The molecule has 0 aromatic carbocycles. The van der Waals surface area contributed by atoms with Gasteiger partial charge in [0.25, 0.3) is 0 Å². The van der Waals surface area contributed by atoms with E-state index in [4.69, 9.17) is 5.26 Å². The topological polar surface area (TPSA) is 66.5 Å². The van der Waals surface area contributed by atoms with Crippen molar-refractivity contribution in [2.24, 2.45) is 7.05 Å². The molecule has 0 radical (unpaired) electrons. The maximum Gasteiger partial charge on any atom is 0.151 e. The highest BCUT2D eigenvalue weighted by molar-refractivity contribution is 4.81. The first-order valence-electron chi connectivity index (χ1n) is 5.25. The summed E-state index contributed by atoms with van der Waals surface area (Å²) in [5, 5.41) is 15.8. The Morgan fingerprint density at radius 2 is 2.33 bits per heavy atom. The number of aromatic nitrogens is 3. The molecule has 82 valence electrons. The summed E-state index contributed by atoms with van der Waals surface area (Å²) in [5.41, 5.74) is 0. The van der Waals surface area contributed by atoms with Gasteiger partial charge in [-0.2, -0.15) is 10.4 Å². The quantitative estimate of drug-likeness (QED) is 0.666. The molecule has 0 unspecified atom stereocenters. The monoisotopic (exact) mass is 207 g/mol. The lowest BCUT2D eigenvalue weighted by atomic mass is 10.2. The van der Waals surface area contributed by atoms with Gasteiger partial charge in [-0.15, -0.1) is 0 Å². The molecule has 1 aromatic heterocycles. The van der Waals surface area contributed by atoms with Crippen LogP contribution in [0.5, 0.6) is 0 Å². The maximum absolute atomic E-state index is 8.33. The third-order valence-corrected chi connectivity index (χ3v) is 2.06. The van der Waals surface area contributed by atoms with E-state index in [-0.39, 0.29) is 0 Å². The second kappa shape index (κ2) is 6.96. The molecule has 0 saturated heterocycles. The second-order valence-corrected chi connectivity index (χ2v) is 3.45. The van der Waals surface area contributed by atoms with Crippen LogP contribution in [0.25, 0.3) is 0 Å². The predicted molar refractivity (Wildman–Crippen MR) is 57.0 cm³/mol. The summed E-state index contributed by atoms with van der Waals surface area (Å²) in [5.74, 6) is 0.877. The first-order chi connectivity index (χ1) is 7.33. The van der Waals surface area contributed by atoms with E-state index < -0.39 is 0 Å². The van der Waals surface area contributed by atoms with Gasteiger partial charge in [0, 0.05) is 26.4 Å². The summed E-state index contributed by atoms with van der Waals surface area (Å²) < 4.78 is 1.71. The Balaban J connectivity index is 1.96. The third-order valence-electron chi connectivity index (χ3n) is 2.06. The average Bonchev–Trinajstić information content (AvgIpc) is 2.63. The number of aryl methyl sites for hydroxylation is 1. The van der Waals surface area contributed by atoms with Crippen LogP contribution in [-0.2, 0) is 13.5 Å². The van der Waals surface area contributed by atoms with E-state index in [9.17, 15) is 0 Å². The van der Waals surface area contributed by atoms with Crippen LogP contribution in [0.2, 0.25) is 0 Å². The van der Waals surface area contributed by atoms with Crippen LogP contribution in [0.3, 0.4) is 0 Å². The smallest absolute Gasteiger partial charge is 0.151 e. The number of hydrogen-bond acceptors (Lipinski definition) is 4. The Kier molecular flexibility index (Phi) is 5.41. The zero-order chi connectivity index (χ0) is 10.9. The molecule has 0 bridgehead atoms. The van der Waals surface area contributed by atoms with Gasteiger partial charge < -0.3 is 5.32 Å². The third kappa shape index (κ3) is 5.13. The summed E-state index contributed by atoms with van der Waals surface area (Å²) in [6, 6.07) is 2.14. The lowest BCUT2D eigenvalue weighted by molar-refractivity contribution is 0.617. The van der Waals surface area contributed by atoms with Crippen molar-refractivity contribution < 1.29 is 0 Å². The Hall–Kier alpha value is -1.41. The molecule has 1 aromatic rings. The van der Waals surface area contributed by atoms with Gasteiger partial charge in [-0.05, 0) is 19.4 Å². The highest BCUT2D eigenvalue weighted by atomic mass is 15.3. The zero-order valence-corrected chi connectivity index (χ0v) is 9.11. The fraction of sp³-hybridized carbons (Fsp3) is 0.700. The molecule has 0 aliphatic heterocycles. The van der Waals surface area contributed by atoms with Crippen molar-refractivity contribution in [3.63, 3.8) is 0 Å². The van der Waals surface area contributed by atoms with Crippen molar-refractivity contribution in [3.8, 4) is 6.07 Å². The van der Waals surface area contributed by atoms with Crippen LogP contribution in [-0.4, -0.2) is 27.9 Å². The molecule has 0 saturated carbocycles. The maximum atomic E-state index is 8.33. The van der Waals surface area contributed by atoms with E-state index in [2.05, 4.69) is 21.5 Å². The van der Waals surface area contributed by atoms with Gasteiger partial charge in [-0.1, -0.05) is 0 Å². The molecule has 15 heavy (non-hydrogen) atoms. The van der Waals surface area contributed by atoms with Crippen LogP contribution < -0.4 is 5.32 Å². The van der Waals surface area contributed by atoms with Crippen LogP contribution in [0.15, 0.2) is 6.33 Å². The summed E-state index contributed by atoms with van der Waals surface area (Å²) in [4.78, 5) is 4.13. The minimum absolute atomic E-state index is 0.656. The molecule has 1 N–H and O–H groups in total. The zero-order valence-electron chi connectivity index (χ0n) is 9.11. The standard InChI is InChI=1S/C10H17N5/c1-15-9-13-10(14-15)5-8-12-7-4-2-3-6-11/h9,12H,2-5,7-8H2,1H3. The SMILES string of the molecule is Cn1cnc(CCNCCCCC#N)n1. The van der Waals surface area contributed by atoms with Crippen LogP contribution in [0.4, 0.5) is 0 Å². The van der Waals surface area contributed by atoms with E-state index in [0.29, 0.717) is 6.42 Å². The van der Waals surface area contributed by atoms with Gasteiger partial charge in [0.2, 0.25) is 0 Å². The van der Waals surface area contributed by atoms with Gasteiger partial charge >= 0.3 is 0 Å². The molecule has 1 rings (SSSR count). The lowest BCUT2D eigenvalue weighted by Crippen LogP contribution is -2.19. The van der Waals surface area contributed by atoms with Gasteiger partial charge in [0.05, 0.1) is 6.07 Å². The lowest BCUT2D eigenvalue weighted by Gasteiger charge is -2.00. The molecular weight excluding hydrogens is 190 g/mol. The number of nitrogens with zero attached hydrogens (tertiary/aromatic N) is 4. The van der Waals surface area contributed by atoms with E-state index in [1.807, 2.05) is 7.05 Å². The van der Waals surface area contributed by atoms with E-state index in [1.54, 1.807) is 11.0 Å².